The Hall–Kier alpha value is -1.61. The fraction of sp³-hybridized carbons (Fsp3) is 0.438. The van der Waals surface area contributed by atoms with Gasteiger partial charge in [-0.05, 0) is 44.5 Å². The predicted molar refractivity (Wildman–Crippen MR) is 78.2 cm³/mol. The van der Waals surface area contributed by atoms with E-state index >= 15 is 0 Å². The molecule has 0 amide bonds. The van der Waals surface area contributed by atoms with E-state index in [1.165, 1.54) is 29.7 Å². The predicted octanol–water partition coefficient (Wildman–Crippen LogP) is 2.86. The van der Waals surface area contributed by atoms with Gasteiger partial charge in [0.1, 0.15) is 0 Å². The number of nitrogens with one attached hydrogen (secondary N) is 1. The largest absolute Gasteiger partial charge is 0.317 e. The lowest BCUT2D eigenvalue weighted by molar-refractivity contribution is 0.440. The van der Waals surface area contributed by atoms with Gasteiger partial charge in [-0.2, -0.15) is 5.10 Å². The molecule has 0 unspecified atom stereocenters. The number of aryl methyl sites for hydroxylation is 2. The molecule has 2 heterocycles. The second-order valence-corrected chi connectivity index (χ2v) is 5.42. The first-order valence-corrected chi connectivity index (χ1v) is 7.06. The van der Waals surface area contributed by atoms with Crippen molar-refractivity contribution in [3.05, 3.63) is 41.6 Å². The van der Waals surface area contributed by atoms with E-state index in [2.05, 4.69) is 54.3 Å². The molecule has 1 aliphatic heterocycles. The molecule has 1 N–H and O–H groups in total. The van der Waals surface area contributed by atoms with Crippen LogP contribution >= 0.6 is 0 Å². The van der Waals surface area contributed by atoms with Crippen LogP contribution in [0.4, 0.5) is 0 Å². The summed E-state index contributed by atoms with van der Waals surface area (Å²) >= 11 is 0. The summed E-state index contributed by atoms with van der Waals surface area (Å²) < 4.78 is 2.07. The minimum absolute atomic E-state index is 0.650. The monoisotopic (exact) mass is 255 g/mol. The molecule has 1 fully saturated rings. The molecule has 1 saturated heterocycles. The third kappa shape index (κ3) is 2.43. The van der Waals surface area contributed by atoms with Crippen molar-refractivity contribution in [1.82, 2.24) is 15.1 Å². The van der Waals surface area contributed by atoms with E-state index in [-0.39, 0.29) is 0 Å². The van der Waals surface area contributed by atoms with Gasteiger partial charge in [0, 0.05) is 24.2 Å². The van der Waals surface area contributed by atoms with E-state index in [0.29, 0.717) is 5.92 Å². The van der Waals surface area contributed by atoms with E-state index in [4.69, 9.17) is 5.10 Å². The zero-order chi connectivity index (χ0) is 13.2. The van der Waals surface area contributed by atoms with Crippen molar-refractivity contribution >= 4 is 0 Å². The van der Waals surface area contributed by atoms with Crippen LogP contribution < -0.4 is 5.32 Å². The Morgan fingerprint density at radius 2 is 1.95 bits per heavy atom. The first-order valence-electron chi connectivity index (χ1n) is 7.06. The molecular weight excluding hydrogens is 234 g/mol. The Labute approximate surface area is 114 Å². The number of hydrogen-bond donors (Lipinski definition) is 1. The molecule has 2 aromatic rings. The van der Waals surface area contributed by atoms with Crippen LogP contribution in [0.5, 0.6) is 0 Å². The molecule has 0 spiro atoms. The smallest absolute Gasteiger partial charge is 0.0928 e. The highest BCUT2D eigenvalue weighted by molar-refractivity contribution is 5.63. The van der Waals surface area contributed by atoms with Gasteiger partial charge >= 0.3 is 0 Å². The summed E-state index contributed by atoms with van der Waals surface area (Å²) in [5.41, 5.74) is 5.02. The first kappa shape index (κ1) is 12.4. The maximum absolute atomic E-state index is 4.71. The Kier molecular flexibility index (Phi) is 3.38. The summed E-state index contributed by atoms with van der Waals surface area (Å²) in [6, 6.07) is 10.7. The van der Waals surface area contributed by atoms with Crippen molar-refractivity contribution < 1.29 is 0 Å². The van der Waals surface area contributed by atoms with E-state index < -0.39 is 0 Å². The summed E-state index contributed by atoms with van der Waals surface area (Å²) in [7, 11) is 2.07. The lowest BCUT2D eigenvalue weighted by Gasteiger charge is -2.22. The lowest BCUT2D eigenvalue weighted by atomic mass is 9.94. The highest BCUT2D eigenvalue weighted by atomic mass is 15.3. The summed E-state index contributed by atoms with van der Waals surface area (Å²) in [5.74, 6) is 0.650. The molecule has 0 saturated carbocycles. The van der Waals surface area contributed by atoms with E-state index in [1.54, 1.807) is 0 Å². The second-order valence-electron chi connectivity index (χ2n) is 5.42. The maximum atomic E-state index is 4.71. The second kappa shape index (κ2) is 5.17. The van der Waals surface area contributed by atoms with Crippen molar-refractivity contribution in [2.45, 2.75) is 25.7 Å². The number of rotatable bonds is 2. The van der Waals surface area contributed by atoms with Gasteiger partial charge < -0.3 is 5.32 Å². The minimum Gasteiger partial charge on any atom is -0.317 e. The van der Waals surface area contributed by atoms with Crippen LogP contribution in [0.2, 0.25) is 0 Å². The molecule has 0 aliphatic carbocycles. The Balaban J connectivity index is 1.95. The lowest BCUT2D eigenvalue weighted by Crippen LogP contribution is -2.27. The fourth-order valence-electron chi connectivity index (χ4n) is 2.97. The Morgan fingerprint density at radius 3 is 2.68 bits per heavy atom. The van der Waals surface area contributed by atoms with Crippen molar-refractivity contribution in [3.8, 4) is 11.3 Å². The normalized spacial score (nSPS) is 16.7. The van der Waals surface area contributed by atoms with Crippen LogP contribution in [0.3, 0.4) is 0 Å². The molecule has 0 radical (unpaired) electrons. The summed E-state index contributed by atoms with van der Waals surface area (Å²) in [6.07, 6.45) is 2.43. The fourth-order valence-corrected chi connectivity index (χ4v) is 2.97. The molecule has 3 heteroatoms. The number of piperidine rings is 1. The minimum atomic E-state index is 0.650. The zero-order valence-corrected chi connectivity index (χ0v) is 11.7. The molecule has 1 aliphatic rings. The van der Waals surface area contributed by atoms with Gasteiger partial charge in [-0.1, -0.05) is 24.3 Å². The molecule has 19 heavy (non-hydrogen) atoms. The SMILES string of the molecule is Cc1ccccc1-c1cc(C2CCNCC2)n(C)n1. The first-order chi connectivity index (χ1) is 9.25. The average molecular weight is 255 g/mol. The quantitative estimate of drug-likeness (QED) is 0.894. The van der Waals surface area contributed by atoms with Crippen LogP contribution in [0.1, 0.15) is 30.0 Å². The number of aromatic nitrogens is 2. The third-order valence-electron chi connectivity index (χ3n) is 4.09. The van der Waals surface area contributed by atoms with Crippen LogP contribution in [-0.2, 0) is 7.05 Å². The van der Waals surface area contributed by atoms with Gasteiger partial charge in [-0.15, -0.1) is 0 Å². The van der Waals surface area contributed by atoms with Crippen LogP contribution in [0, 0.1) is 6.92 Å². The number of nitrogens with zero attached hydrogens (tertiary/aromatic N) is 2. The van der Waals surface area contributed by atoms with Crippen LogP contribution in [0.25, 0.3) is 11.3 Å². The zero-order valence-electron chi connectivity index (χ0n) is 11.7. The Morgan fingerprint density at radius 1 is 1.21 bits per heavy atom. The van der Waals surface area contributed by atoms with Gasteiger partial charge in [0.2, 0.25) is 0 Å². The molecular formula is C16H21N3. The van der Waals surface area contributed by atoms with Gasteiger partial charge in [0.25, 0.3) is 0 Å². The summed E-state index contributed by atoms with van der Waals surface area (Å²) in [4.78, 5) is 0. The maximum Gasteiger partial charge on any atom is 0.0928 e. The highest BCUT2D eigenvalue weighted by Crippen LogP contribution is 2.29. The third-order valence-corrected chi connectivity index (χ3v) is 4.09. The molecule has 1 aromatic heterocycles. The van der Waals surface area contributed by atoms with Gasteiger partial charge in [-0.3, -0.25) is 4.68 Å². The van der Waals surface area contributed by atoms with E-state index in [0.717, 1.165) is 18.8 Å². The standard InChI is InChI=1S/C16H21N3/c1-12-5-3-4-6-14(12)15-11-16(19(2)18-15)13-7-9-17-10-8-13/h3-6,11,13,17H,7-10H2,1-2H3. The average Bonchev–Trinajstić information content (AvgIpc) is 2.82. The van der Waals surface area contributed by atoms with Gasteiger partial charge in [0.05, 0.1) is 5.69 Å². The summed E-state index contributed by atoms with van der Waals surface area (Å²) in [5, 5.41) is 8.14. The van der Waals surface area contributed by atoms with E-state index in [9.17, 15) is 0 Å². The van der Waals surface area contributed by atoms with Crippen LogP contribution in [-0.4, -0.2) is 22.9 Å². The topological polar surface area (TPSA) is 29.9 Å². The van der Waals surface area contributed by atoms with Crippen molar-refractivity contribution in [2.75, 3.05) is 13.1 Å². The van der Waals surface area contributed by atoms with E-state index in [1.807, 2.05) is 0 Å². The van der Waals surface area contributed by atoms with Gasteiger partial charge in [-0.25, -0.2) is 0 Å². The molecule has 0 bridgehead atoms. The highest BCUT2D eigenvalue weighted by Gasteiger charge is 2.20. The van der Waals surface area contributed by atoms with Gasteiger partial charge in [0.15, 0.2) is 0 Å². The number of hydrogen-bond acceptors (Lipinski definition) is 2. The van der Waals surface area contributed by atoms with Crippen molar-refractivity contribution in [1.29, 1.82) is 0 Å². The molecule has 3 rings (SSSR count). The molecule has 100 valence electrons. The molecule has 0 atom stereocenters. The molecule has 3 nitrogen and oxygen atoms in total. The Bertz CT molecular complexity index is 565. The van der Waals surface area contributed by atoms with Crippen molar-refractivity contribution in [3.63, 3.8) is 0 Å². The summed E-state index contributed by atoms with van der Waals surface area (Å²) in [6.45, 7) is 4.39. The van der Waals surface area contributed by atoms with Crippen molar-refractivity contribution in [2.24, 2.45) is 7.05 Å². The van der Waals surface area contributed by atoms with Crippen LogP contribution in [0.15, 0.2) is 30.3 Å². The molecule has 1 aromatic carbocycles. The number of benzene rings is 1.